The van der Waals surface area contributed by atoms with Gasteiger partial charge in [-0.1, -0.05) is 19.9 Å². The third-order valence-electron chi connectivity index (χ3n) is 4.03. The molecule has 1 aromatic heterocycles. The van der Waals surface area contributed by atoms with Crippen LogP contribution < -0.4 is 0 Å². The Kier molecular flexibility index (Phi) is 3.42. The molecule has 98 valence electrons. The minimum absolute atomic E-state index is 0.0960. The highest BCUT2D eigenvalue weighted by atomic mass is 16.4. The number of aryl methyl sites for hydroxylation is 1. The molecule has 3 nitrogen and oxygen atoms in total. The second-order valence-electron chi connectivity index (χ2n) is 6.25. The molecular weight excluding hydrogens is 226 g/mol. The quantitative estimate of drug-likeness (QED) is 0.871. The van der Waals surface area contributed by atoms with Crippen LogP contribution in [-0.4, -0.2) is 16.1 Å². The van der Waals surface area contributed by atoms with Crippen molar-refractivity contribution in [2.45, 2.75) is 46.0 Å². The maximum absolute atomic E-state index is 11.4. The van der Waals surface area contributed by atoms with Crippen LogP contribution in [0.3, 0.4) is 0 Å². The van der Waals surface area contributed by atoms with Crippen molar-refractivity contribution < 1.29 is 9.90 Å². The lowest BCUT2D eigenvalue weighted by atomic mass is 9.65. The molecule has 2 atom stereocenters. The molecule has 1 N–H and O–H groups in total. The number of aromatic nitrogens is 1. The van der Waals surface area contributed by atoms with Crippen molar-refractivity contribution in [3.05, 3.63) is 29.6 Å². The molecule has 18 heavy (non-hydrogen) atoms. The number of rotatable bonds is 2. The lowest BCUT2D eigenvalue weighted by Crippen LogP contribution is -2.33. The Labute approximate surface area is 108 Å². The molecular formula is C15H21NO2. The first-order valence-corrected chi connectivity index (χ1v) is 6.53. The molecule has 2 rings (SSSR count). The van der Waals surface area contributed by atoms with Gasteiger partial charge < -0.3 is 5.11 Å². The van der Waals surface area contributed by atoms with Gasteiger partial charge in [-0.2, -0.15) is 0 Å². The molecule has 0 saturated heterocycles. The van der Waals surface area contributed by atoms with E-state index in [4.69, 9.17) is 0 Å². The Morgan fingerprint density at radius 2 is 2.17 bits per heavy atom. The van der Waals surface area contributed by atoms with Gasteiger partial charge in [-0.25, -0.2) is 0 Å². The van der Waals surface area contributed by atoms with E-state index in [0.717, 1.165) is 30.4 Å². The third kappa shape index (κ3) is 2.71. The number of hydrogen-bond acceptors (Lipinski definition) is 2. The Morgan fingerprint density at radius 3 is 2.78 bits per heavy atom. The van der Waals surface area contributed by atoms with Crippen molar-refractivity contribution in [3.8, 4) is 0 Å². The summed E-state index contributed by atoms with van der Waals surface area (Å²) < 4.78 is 0. The van der Waals surface area contributed by atoms with Crippen molar-refractivity contribution in [2.75, 3.05) is 0 Å². The zero-order valence-electron chi connectivity index (χ0n) is 11.3. The summed E-state index contributed by atoms with van der Waals surface area (Å²) in [5.41, 5.74) is 2.40. The van der Waals surface area contributed by atoms with E-state index in [2.05, 4.69) is 24.9 Å². The highest BCUT2D eigenvalue weighted by molar-refractivity contribution is 5.71. The average Bonchev–Trinajstić information content (AvgIpc) is 2.27. The SMILES string of the molecule is Cc1cncc(C2CC(C)(C)CCC2C(=O)O)c1. The highest BCUT2D eigenvalue weighted by Gasteiger charge is 2.39. The Hall–Kier alpha value is -1.38. The molecule has 1 saturated carbocycles. The van der Waals surface area contributed by atoms with Crippen molar-refractivity contribution >= 4 is 5.97 Å². The van der Waals surface area contributed by atoms with E-state index in [9.17, 15) is 9.90 Å². The largest absolute Gasteiger partial charge is 0.481 e. The van der Waals surface area contributed by atoms with Crippen LogP contribution in [0.4, 0.5) is 0 Å². The molecule has 1 heterocycles. The fraction of sp³-hybridized carbons (Fsp3) is 0.600. The molecule has 0 amide bonds. The fourth-order valence-electron chi connectivity index (χ4n) is 3.01. The fourth-order valence-corrected chi connectivity index (χ4v) is 3.01. The second-order valence-corrected chi connectivity index (χ2v) is 6.25. The smallest absolute Gasteiger partial charge is 0.307 e. The Balaban J connectivity index is 2.33. The van der Waals surface area contributed by atoms with Crippen molar-refractivity contribution in [3.63, 3.8) is 0 Å². The zero-order valence-corrected chi connectivity index (χ0v) is 11.3. The van der Waals surface area contributed by atoms with Gasteiger partial charge in [-0.05, 0) is 48.6 Å². The summed E-state index contributed by atoms with van der Waals surface area (Å²) in [7, 11) is 0. The van der Waals surface area contributed by atoms with Crippen molar-refractivity contribution in [1.82, 2.24) is 4.98 Å². The molecule has 3 heteroatoms. The van der Waals surface area contributed by atoms with E-state index in [0.29, 0.717) is 0 Å². The van der Waals surface area contributed by atoms with Crippen LogP contribution in [0.2, 0.25) is 0 Å². The molecule has 0 aromatic carbocycles. The van der Waals surface area contributed by atoms with Crippen LogP contribution in [-0.2, 0) is 4.79 Å². The third-order valence-corrected chi connectivity index (χ3v) is 4.03. The second kappa shape index (κ2) is 4.71. The lowest BCUT2D eigenvalue weighted by molar-refractivity contribution is -0.144. The number of carboxylic acid groups (broad SMARTS) is 1. The summed E-state index contributed by atoms with van der Waals surface area (Å²) in [6, 6.07) is 2.08. The van der Waals surface area contributed by atoms with Gasteiger partial charge in [0.05, 0.1) is 5.92 Å². The summed E-state index contributed by atoms with van der Waals surface area (Å²) in [6.45, 7) is 6.45. The average molecular weight is 247 g/mol. The molecule has 1 aromatic rings. The first-order chi connectivity index (χ1) is 8.39. The van der Waals surface area contributed by atoms with Gasteiger partial charge in [0.2, 0.25) is 0 Å². The zero-order chi connectivity index (χ0) is 13.3. The molecule has 0 aliphatic heterocycles. The molecule has 1 fully saturated rings. The molecule has 1 aliphatic carbocycles. The molecule has 0 spiro atoms. The van der Waals surface area contributed by atoms with Crippen molar-refractivity contribution in [2.24, 2.45) is 11.3 Å². The molecule has 0 bridgehead atoms. The summed E-state index contributed by atoms with van der Waals surface area (Å²) in [5, 5.41) is 9.39. The predicted octanol–water partition coefficient (Wildman–Crippen LogP) is 3.38. The topological polar surface area (TPSA) is 50.2 Å². The van der Waals surface area contributed by atoms with Gasteiger partial charge in [0.25, 0.3) is 0 Å². The number of carbonyl (C=O) groups is 1. The first kappa shape index (κ1) is 13.1. The minimum atomic E-state index is -0.669. The number of carboxylic acids is 1. The number of nitrogens with zero attached hydrogens (tertiary/aromatic N) is 1. The van der Waals surface area contributed by atoms with Crippen LogP contribution in [0.5, 0.6) is 0 Å². The summed E-state index contributed by atoms with van der Waals surface area (Å²) >= 11 is 0. The molecule has 0 radical (unpaired) electrons. The normalized spacial score (nSPS) is 26.8. The summed E-state index contributed by atoms with van der Waals surface area (Å²) in [5.74, 6) is -0.836. The lowest BCUT2D eigenvalue weighted by Gasteiger charge is -2.39. The monoisotopic (exact) mass is 247 g/mol. The molecule has 1 aliphatic rings. The van der Waals surface area contributed by atoms with E-state index in [-0.39, 0.29) is 17.3 Å². The van der Waals surface area contributed by atoms with Crippen LogP contribution in [0.1, 0.15) is 50.2 Å². The summed E-state index contributed by atoms with van der Waals surface area (Å²) in [4.78, 5) is 15.6. The van der Waals surface area contributed by atoms with E-state index >= 15 is 0 Å². The number of hydrogen-bond donors (Lipinski definition) is 1. The standard InChI is InChI=1S/C15H21NO2/c1-10-6-11(9-16-8-10)13-7-15(2,3)5-4-12(13)14(17)18/h6,8-9,12-13H,4-5,7H2,1-3H3,(H,17,18). The Bertz CT molecular complexity index is 454. The van der Waals surface area contributed by atoms with Gasteiger partial charge in [-0.15, -0.1) is 0 Å². The van der Waals surface area contributed by atoms with E-state index < -0.39 is 5.97 Å². The van der Waals surface area contributed by atoms with Crippen LogP contribution >= 0.6 is 0 Å². The van der Waals surface area contributed by atoms with Gasteiger partial charge in [0.1, 0.15) is 0 Å². The van der Waals surface area contributed by atoms with E-state index in [1.807, 2.05) is 19.3 Å². The van der Waals surface area contributed by atoms with Crippen LogP contribution in [0, 0.1) is 18.3 Å². The van der Waals surface area contributed by atoms with Gasteiger partial charge in [0, 0.05) is 12.4 Å². The van der Waals surface area contributed by atoms with Gasteiger partial charge in [-0.3, -0.25) is 9.78 Å². The van der Waals surface area contributed by atoms with Gasteiger partial charge in [0.15, 0.2) is 0 Å². The first-order valence-electron chi connectivity index (χ1n) is 6.53. The van der Waals surface area contributed by atoms with Crippen LogP contribution in [0.25, 0.3) is 0 Å². The highest BCUT2D eigenvalue weighted by Crippen LogP contribution is 2.46. The number of pyridine rings is 1. The maximum Gasteiger partial charge on any atom is 0.307 e. The summed E-state index contributed by atoms with van der Waals surface area (Å²) in [6.07, 6.45) is 6.32. The Morgan fingerprint density at radius 1 is 1.44 bits per heavy atom. The minimum Gasteiger partial charge on any atom is -0.481 e. The van der Waals surface area contributed by atoms with E-state index in [1.54, 1.807) is 0 Å². The maximum atomic E-state index is 11.4. The molecule has 2 unspecified atom stereocenters. The van der Waals surface area contributed by atoms with Crippen LogP contribution in [0.15, 0.2) is 18.5 Å². The van der Waals surface area contributed by atoms with Crippen molar-refractivity contribution in [1.29, 1.82) is 0 Å². The predicted molar refractivity (Wildman–Crippen MR) is 70.5 cm³/mol. The van der Waals surface area contributed by atoms with E-state index in [1.165, 1.54) is 0 Å². The van der Waals surface area contributed by atoms with Gasteiger partial charge >= 0.3 is 5.97 Å². The number of aliphatic carboxylic acids is 1.